The van der Waals surface area contributed by atoms with Gasteiger partial charge in [0.1, 0.15) is 6.54 Å². The van der Waals surface area contributed by atoms with Crippen LogP contribution in [-0.2, 0) is 5.41 Å². The number of hydrogen-bond acceptors (Lipinski definition) is 2. The Hall–Kier alpha value is -0.980. The first-order chi connectivity index (χ1) is 8.89. The molecule has 0 atom stereocenters. The van der Waals surface area contributed by atoms with Gasteiger partial charge in [-0.25, -0.2) is 0 Å². The molecule has 1 aliphatic rings. The van der Waals surface area contributed by atoms with Crippen molar-refractivity contribution in [2.45, 2.75) is 46.0 Å². The smallest absolute Gasteiger partial charge is 0.270 e. The van der Waals surface area contributed by atoms with Crippen molar-refractivity contribution in [1.29, 1.82) is 0 Å². The zero-order valence-electron chi connectivity index (χ0n) is 12.4. The van der Waals surface area contributed by atoms with Gasteiger partial charge in [0.15, 0.2) is 5.71 Å². The second-order valence-corrected chi connectivity index (χ2v) is 5.67. The Morgan fingerprint density at radius 1 is 1.35 bits per heavy atom. The van der Waals surface area contributed by atoms with Gasteiger partial charge in [0.2, 0.25) is 5.69 Å². The normalized spacial score (nSPS) is 15.8. The van der Waals surface area contributed by atoms with Gasteiger partial charge in [-0.1, -0.05) is 13.3 Å². The van der Waals surface area contributed by atoms with Crippen LogP contribution in [0.4, 0.5) is 11.4 Å². The maximum Gasteiger partial charge on any atom is 0.270 e. The lowest BCUT2D eigenvalue weighted by molar-refractivity contribution is -0.439. The lowest BCUT2D eigenvalue weighted by atomic mass is 9.82. The van der Waals surface area contributed by atoms with Crippen molar-refractivity contribution in [1.82, 2.24) is 0 Å². The molecule has 4 nitrogen and oxygen atoms in total. The fourth-order valence-electron chi connectivity index (χ4n) is 2.69. The third-order valence-corrected chi connectivity index (χ3v) is 4.20. The standard InChI is InChI=1S/C15H21N2O2.HI/c1-5-6-9-16-11(2)15(3,4)13-10-12(17(18)19)7-8-14(13)16;/h7-8,10H,5-6,9H2,1-4H3;1H/q+1;/p-1. The predicted octanol–water partition coefficient (Wildman–Crippen LogP) is 0.795. The molecule has 0 saturated heterocycles. The Balaban J connectivity index is 0.00000200. The maximum absolute atomic E-state index is 10.9. The summed E-state index contributed by atoms with van der Waals surface area (Å²) >= 11 is 0. The Morgan fingerprint density at radius 2 is 2.00 bits per heavy atom. The van der Waals surface area contributed by atoms with Gasteiger partial charge in [0.05, 0.1) is 10.3 Å². The Kier molecular flexibility index (Phi) is 5.29. The van der Waals surface area contributed by atoms with E-state index in [0.717, 1.165) is 30.6 Å². The number of unbranched alkanes of at least 4 members (excludes halogenated alkanes) is 1. The van der Waals surface area contributed by atoms with Crippen molar-refractivity contribution in [2.24, 2.45) is 0 Å². The molecule has 0 fully saturated rings. The van der Waals surface area contributed by atoms with Gasteiger partial charge in [-0.15, -0.1) is 0 Å². The average molecular weight is 388 g/mol. The number of nitro groups is 1. The number of hydrogen-bond donors (Lipinski definition) is 0. The topological polar surface area (TPSA) is 46.1 Å². The minimum absolute atomic E-state index is 0. The molecule has 0 aromatic heterocycles. The van der Waals surface area contributed by atoms with Crippen molar-refractivity contribution >= 4 is 17.1 Å². The quantitative estimate of drug-likeness (QED) is 0.332. The summed E-state index contributed by atoms with van der Waals surface area (Å²) in [6.45, 7) is 9.55. The lowest BCUT2D eigenvalue weighted by Crippen LogP contribution is -3.00. The van der Waals surface area contributed by atoms with Crippen molar-refractivity contribution in [3.05, 3.63) is 33.9 Å². The van der Waals surface area contributed by atoms with E-state index in [4.69, 9.17) is 0 Å². The maximum atomic E-state index is 10.9. The summed E-state index contributed by atoms with van der Waals surface area (Å²) in [5, 5.41) is 10.9. The van der Waals surface area contributed by atoms with E-state index < -0.39 is 0 Å². The first-order valence-electron chi connectivity index (χ1n) is 6.80. The van der Waals surface area contributed by atoms with Crippen LogP contribution in [0.1, 0.15) is 46.1 Å². The Morgan fingerprint density at radius 3 is 2.55 bits per heavy atom. The molecule has 0 saturated carbocycles. The van der Waals surface area contributed by atoms with E-state index >= 15 is 0 Å². The SMILES string of the molecule is CCCC[N+]1=C(C)C(C)(C)c2cc([N+](=O)[O-])ccc21.[I-]. The summed E-state index contributed by atoms with van der Waals surface area (Å²) in [7, 11) is 0. The van der Waals surface area contributed by atoms with E-state index in [1.165, 1.54) is 5.71 Å². The molecule has 0 unspecified atom stereocenters. The third-order valence-electron chi connectivity index (χ3n) is 4.20. The molecular weight excluding hydrogens is 367 g/mol. The summed E-state index contributed by atoms with van der Waals surface area (Å²) in [6, 6.07) is 5.22. The van der Waals surface area contributed by atoms with Crippen molar-refractivity contribution in [3.63, 3.8) is 0 Å². The van der Waals surface area contributed by atoms with Gasteiger partial charge in [0, 0.05) is 37.1 Å². The highest BCUT2D eigenvalue weighted by atomic mass is 127. The fraction of sp³-hybridized carbons (Fsp3) is 0.533. The van der Waals surface area contributed by atoms with E-state index in [9.17, 15) is 10.1 Å². The monoisotopic (exact) mass is 388 g/mol. The summed E-state index contributed by atoms with van der Waals surface area (Å²) in [4.78, 5) is 10.6. The van der Waals surface area contributed by atoms with Crippen molar-refractivity contribution < 1.29 is 33.5 Å². The number of fused-ring (bicyclic) bond motifs is 1. The van der Waals surface area contributed by atoms with E-state index in [2.05, 4.69) is 32.3 Å². The van der Waals surface area contributed by atoms with Crippen LogP contribution in [-0.4, -0.2) is 21.8 Å². The molecule has 0 radical (unpaired) electrons. The molecule has 1 aromatic carbocycles. The molecule has 0 aliphatic carbocycles. The van der Waals surface area contributed by atoms with Crippen LogP contribution in [0.3, 0.4) is 0 Å². The Bertz CT molecular complexity index is 565. The van der Waals surface area contributed by atoms with Gasteiger partial charge >= 0.3 is 0 Å². The van der Waals surface area contributed by atoms with E-state index in [1.54, 1.807) is 12.1 Å². The summed E-state index contributed by atoms with van der Waals surface area (Å²) in [5.41, 5.74) is 3.51. The van der Waals surface area contributed by atoms with Crippen LogP contribution >= 0.6 is 0 Å². The average Bonchev–Trinajstić information content (AvgIpc) is 2.56. The molecule has 1 aliphatic heterocycles. The predicted molar refractivity (Wildman–Crippen MR) is 76.5 cm³/mol. The van der Waals surface area contributed by atoms with Crippen LogP contribution in [0.5, 0.6) is 0 Å². The molecule has 20 heavy (non-hydrogen) atoms. The van der Waals surface area contributed by atoms with E-state index in [1.807, 2.05) is 6.07 Å². The van der Waals surface area contributed by atoms with Gasteiger partial charge in [-0.05, 0) is 13.8 Å². The van der Waals surface area contributed by atoms with E-state index in [-0.39, 0.29) is 40.0 Å². The zero-order chi connectivity index (χ0) is 14.2. The molecule has 0 bridgehead atoms. The molecule has 1 aromatic rings. The highest BCUT2D eigenvalue weighted by Crippen LogP contribution is 2.41. The second kappa shape index (κ2) is 6.20. The summed E-state index contributed by atoms with van der Waals surface area (Å²) < 4.78 is 2.31. The fourth-order valence-corrected chi connectivity index (χ4v) is 2.69. The van der Waals surface area contributed by atoms with Crippen LogP contribution in [0.25, 0.3) is 0 Å². The zero-order valence-corrected chi connectivity index (χ0v) is 14.6. The highest BCUT2D eigenvalue weighted by molar-refractivity contribution is 5.93. The number of rotatable bonds is 4. The van der Waals surface area contributed by atoms with Crippen molar-refractivity contribution in [3.8, 4) is 0 Å². The van der Waals surface area contributed by atoms with Crippen LogP contribution in [0.15, 0.2) is 18.2 Å². The molecule has 0 amide bonds. The molecule has 1 heterocycles. The number of nitrogens with zero attached hydrogens (tertiary/aromatic N) is 2. The molecule has 0 spiro atoms. The van der Waals surface area contributed by atoms with Crippen LogP contribution in [0.2, 0.25) is 0 Å². The molecule has 5 heteroatoms. The van der Waals surface area contributed by atoms with Gasteiger partial charge < -0.3 is 24.0 Å². The highest BCUT2D eigenvalue weighted by Gasteiger charge is 2.43. The minimum atomic E-state index is -0.319. The first-order valence-corrected chi connectivity index (χ1v) is 6.80. The largest absolute Gasteiger partial charge is 1.00 e. The third kappa shape index (κ3) is 2.73. The second-order valence-electron chi connectivity index (χ2n) is 5.67. The first kappa shape index (κ1) is 17.1. The molecule has 0 N–H and O–H groups in total. The van der Waals surface area contributed by atoms with Gasteiger partial charge in [0.25, 0.3) is 5.69 Å². The van der Waals surface area contributed by atoms with Crippen molar-refractivity contribution in [2.75, 3.05) is 6.54 Å². The van der Waals surface area contributed by atoms with Crippen LogP contribution in [0, 0.1) is 10.1 Å². The molecule has 2 rings (SSSR count). The summed E-state index contributed by atoms with van der Waals surface area (Å²) in [6.07, 6.45) is 2.27. The van der Waals surface area contributed by atoms with Gasteiger partial charge in [-0.3, -0.25) is 10.1 Å². The summed E-state index contributed by atoms with van der Waals surface area (Å²) in [5.74, 6) is 0. The Labute approximate surface area is 137 Å². The van der Waals surface area contributed by atoms with Gasteiger partial charge in [-0.2, -0.15) is 4.58 Å². The number of non-ortho nitro benzene ring substituents is 1. The number of halogens is 1. The number of nitro benzene ring substituents is 1. The molecule has 110 valence electrons. The van der Waals surface area contributed by atoms with Crippen LogP contribution < -0.4 is 24.0 Å². The lowest BCUT2D eigenvalue weighted by Gasteiger charge is -2.14. The number of benzene rings is 1. The van der Waals surface area contributed by atoms with E-state index in [0.29, 0.717) is 0 Å². The molecular formula is C15H21IN2O2. The minimum Gasteiger partial charge on any atom is -1.00 e.